The Balaban J connectivity index is 0.694. The summed E-state index contributed by atoms with van der Waals surface area (Å²) in [5.41, 5.74) is 19.0. The molecule has 9 nitrogen and oxygen atoms in total. The van der Waals surface area contributed by atoms with E-state index >= 15 is 0 Å². The van der Waals surface area contributed by atoms with Gasteiger partial charge in [-0.3, -0.25) is 0 Å². The van der Waals surface area contributed by atoms with Crippen LogP contribution in [0.5, 0.6) is 0 Å². The highest BCUT2D eigenvalue weighted by molar-refractivity contribution is 7.17. The molecule has 10 heteroatoms. The zero-order valence-electron chi connectivity index (χ0n) is 39.6. The summed E-state index contributed by atoms with van der Waals surface area (Å²) in [6.07, 6.45) is 0. The standard InChI is InChI=1S/C64H42N8OS/c1-3-15-47(16-4-1)63-67-68-64(74-63)48-35-41-52(42-36-48)72-59-25-13-11-23-57(59)70(58-24-12-14-26-60(58)72)50-37-31-44(32-38-50)43-27-29-45(30-28-43)61-65-66-62(73-61)46-33-39-51(40-34-46)71-55-21-9-7-19-53(55)69(49-17-5-2-6-18-49)54-20-8-10-22-56(54)71/h1-42H. The molecule has 2 aromatic heterocycles. The van der Waals surface area contributed by atoms with Crippen LogP contribution in [0.15, 0.2) is 259 Å². The van der Waals surface area contributed by atoms with Crippen LogP contribution in [0.1, 0.15) is 0 Å². The van der Waals surface area contributed by atoms with Crippen molar-refractivity contribution in [2.45, 2.75) is 0 Å². The van der Waals surface area contributed by atoms with Gasteiger partial charge in [-0.15, -0.1) is 20.4 Å². The maximum absolute atomic E-state index is 6.32. The minimum absolute atomic E-state index is 0.463. The van der Waals surface area contributed by atoms with Crippen molar-refractivity contribution in [3.63, 3.8) is 0 Å². The summed E-state index contributed by atoms with van der Waals surface area (Å²) < 4.78 is 6.32. The van der Waals surface area contributed by atoms with Crippen molar-refractivity contribution in [1.82, 2.24) is 20.4 Å². The Morgan fingerprint density at radius 2 is 0.486 bits per heavy atom. The highest BCUT2D eigenvalue weighted by atomic mass is 32.1. The van der Waals surface area contributed by atoms with Gasteiger partial charge in [-0.1, -0.05) is 133 Å². The lowest BCUT2D eigenvalue weighted by Gasteiger charge is -2.40. The third-order valence-corrected chi connectivity index (χ3v) is 14.7. The van der Waals surface area contributed by atoms with Crippen molar-refractivity contribution in [1.29, 1.82) is 0 Å². The van der Waals surface area contributed by atoms with Gasteiger partial charge in [0.05, 0.1) is 45.5 Å². The molecule has 12 aromatic rings. The average Bonchev–Trinajstić information content (AvgIpc) is 4.19. The predicted molar refractivity (Wildman–Crippen MR) is 301 cm³/mol. The molecule has 0 saturated carbocycles. The number of benzene rings is 10. The van der Waals surface area contributed by atoms with Crippen LogP contribution in [0.25, 0.3) is 55.2 Å². The van der Waals surface area contributed by atoms with Gasteiger partial charge in [0.15, 0.2) is 0 Å². The van der Waals surface area contributed by atoms with Crippen LogP contribution >= 0.6 is 11.3 Å². The lowest BCUT2D eigenvalue weighted by molar-refractivity contribution is 0.584. The van der Waals surface area contributed by atoms with Gasteiger partial charge in [-0.2, -0.15) is 0 Å². The van der Waals surface area contributed by atoms with Crippen molar-refractivity contribution in [2.24, 2.45) is 0 Å². The fourth-order valence-electron chi connectivity index (χ4n) is 10.2. The second-order valence-electron chi connectivity index (χ2n) is 18.0. The molecule has 74 heavy (non-hydrogen) atoms. The second-order valence-corrected chi connectivity index (χ2v) is 19.0. The molecular weight excluding hydrogens is 929 g/mol. The smallest absolute Gasteiger partial charge is 0.248 e. The van der Waals surface area contributed by atoms with E-state index < -0.39 is 0 Å². The van der Waals surface area contributed by atoms with E-state index in [0.29, 0.717) is 11.8 Å². The van der Waals surface area contributed by atoms with Crippen LogP contribution in [0.2, 0.25) is 0 Å². The molecule has 0 fully saturated rings. The Labute approximate surface area is 431 Å². The summed E-state index contributed by atoms with van der Waals surface area (Å²) in [6.45, 7) is 0. The topological polar surface area (TPSA) is 77.7 Å². The molecule has 4 heterocycles. The summed E-state index contributed by atoms with van der Waals surface area (Å²) in [5, 5.41) is 19.8. The molecule has 0 N–H and O–H groups in total. The Morgan fingerprint density at radius 1 is 0.230 bits per heavy atom. The van der Waals surface area contributed by atoms with E-state index in [4.69, 9.17) is 4.42 Å². The zero-order chi connectivity index (χ0) is 49.0. The molecule has 0 aliphatic carbocycles. The SMILES string of the molecule is c1ccc(-c2nnc(-c3ccc(N4c5ccccc5N(c5ccc(-c6ccc(-c7nnc(-c8ccc(N9c%10ccccc%10N(c%10ccccc%10)c%10ccccc%109)cc8)o7)cc6)cc5)c5ccccc54)cc3)s2)cc1. The molecule has 10 aromatic carbocycles. The number of hydrogen-bond acceptors (Lipinski definition) is 10. The van der Waals surface area contributed by atoms with Crippen LogP contribution in [0.3, 0.4) is 0 Å². The fourth-order valence-corrected chi connectivity index (χ4v) is 11.0. The van der Waals surface area contributed by atoms with E-state index in [0.717, 1.165) is 112 Å². The van der Waals surface area contributed by atoms with Gasteiger partial charge in [0.25, 0.3) is 0 Å². The van der Waals surface area contributed by atoms with E-state index in [1.165, 1.54) is 0 Å². The normalized spacial score (nSPS) is 12.5. The molecule has 0 radical (unpaired) electrons. The van der Waals surface area contributed by atoms with E-state index in [1.807, 2.05) is 42.5 Å². The lowest BCUT2D eigenvalue weighted by atomic mass is 10.0. The summed E-state index contributed by atoms with van der Waals surface area (Å²) in [4.78, 5) is 9.33. The minimum Gasteiger partial charge on any atom is -0.416 e. The van der Waals surface area contributed by atoms with E-state index in [9.17, 15) is 0 Å². The molecule has 0 atom stereocenters. The molecule has 2 aliphatic rings. The van der Waals surface area contributed by atoms with Gasteiger partial charge in [0.2, 0.25) is 11.8 Å². The molecule has 0 spiro atoms. The second kappa shape index (κ2) is 18.1. The third-order valence-electron chi connectivity index (χ3n) is 13.7. The summed E-state index contributed by atoms with van der Waals surface area (Å²) in [5.74, 6) is 0.928. The number of para-hydroxylation sites is 9. The minimum atomic E-state index is 0.463. The van der Waals surface area contributed by atoms with Gasteiger partial charge in [0.1, 0.15) is 10.0 Å². The monoisotopic (exact) mass is 970 g/mol. The first-order chi connectivity index (χ1) is 36.7. The van der Waals surface area contributed by atoms with Gasteiger partial charge < -0.3 is 24.0 Å². The van der Waals surface area contributed by atoms with Gasteiger partial charge in [-0.25, -0.2) is 0 Å². The molecule has 0 saturated heterocycles. The maximum atomic E-state index is 6.32. The lowest BCUT2D eigenvalue weighted by Crippen LogP contribution is -2.23. The average molecular weight is 971 g/mol. The molecular formula is C64H42N8OS. The number of rotatable bonds is 9. The Morgan fingerprint density at radius 3 is 0.851 bits per heavy atom. The zero-order valence-corrected chi connectivity index (χ0v) is 40.5. The fraction of sp³-hybridized carbons (Fsp3) is 0. The summed E-state index contributed by atoms with van der Waals surface area (Å²) in [7, 11) is 0. The van der Waals surface area contributed by atoms with E-state index in [2.05, 4.69) is 252 Å². The number of fused-ring (bicyclic) bond motifs is 4. The highest BCUT2D eigenvalue weighted by Gasteiger charge is 2.32. The molecule has 350 valence electrons. The molecule has 2 aliphatic heterocycles. The van der Waals surface area contributed by atoms with Crippen molar-refractivity contribution >= 4 is 79.6 Å². The maximum Gasteiger partial charge on any atom is 0.248 e. The van der Waals surface area contributed by atoms with Gasteiger partial charge in [-0.05, 0) is 145 Å². The van der Waals surface area contributed by atoms with Crippen molar-refractivity contribution in [2.75, 3.05) is 19.6 Å². The third kappa shape index (κ3) is 7.48. The molecule has 0 unspecified atom stereocenters. The first kappa shape index (κ1) is 42.9. The van der Waals surface area contributed by atoms with Crippen LogP contribution < -0.4 is 19.6 Å². The summed E-state index contributed by atoms with van der Waals surface area (Å²) >= 11 is 1.60. The van der Waals surface area contributed by atoms with Gasteiger partial charge >= 0.3 is 0 Å². The van der Waals surface area contributed by atoms with Crippen LogP contribution in [0, 0.1) is 0 Å². The molecule has 0 bridgehead atoms. The number of nitrogens with zero attached hydrogens (tertiary/aromatic N) is 8. The quantitative estimate of drug-likeness (QED) is 0.141. The number of aromatic nitrogens is 4. The van der Waals surface area contributed by atoms with Crippen molar-refractivity contribution in [3.05, 3.63) is 255 Å². The molecule has 0 amide bonds. The predicted octanol–water partition coefficient (Wildman–Crippen LogP) is 17.8. The summed E-state index contributed by atoms with van der Waals surface area (Å²) in [6, 6.07) is 89.0. The first-order valence-corrected chi connectivity index (χ1v) is 25.3. The van der Waals surface area contributed by atoms with E-state index in [-0.39, 0.29) is 0 Å². The number of anilines is 12. The van der Waals surface area contributed by atoms with Crippen LogP contribution in [0.4, 0.5) is 68.2 Å². The Kier molecular flexibility index (Phi) is 10.5. The highest BCUT2D eigenvalue weighted by Crippen LogP contribution is 2.56. The largest absolute Gasteiger partial charge is 0.416 e. The Hall–Kier alpha value is -9.90. The molecule has 14 rings (SSSR count). The van der Waals surface area contributed by atoms with Crippen molar-refractivity contribution < 1.29 is 4.42 Å². The van der Waals surface area contributed by atoms with Gasteiger partial charge in [0, 0.05) is 45.0 Å². The number of hydrogen-bond donors (Lipinski definition) is 0. The van der Waals surface area contributed by atoms with Crippen molar-refractivity contribution in [3.8, 4) is 55.2 Å². The van der Waals surface area contributed by atoms with Crippen LogP contribution in [-0.4, -0.2) is 20.4 Å². The van der Waals surface area contributed by atoms with Crippen LogP contribution in [-0.2, 0) is 0 Å². The first-order valence-electron chi connectivity index (χ1n) is 24.5. The van der Waals surface area contributed by atoms with E-state index in [1.54, 1.807) is 11.3 Å². The Bertz CT molecular complexity index is 3880.